The van der Waals surface area contributed by atoms with Crippen molar-refractivity contribution in [3.63, 3.8) is 0 Å². The number of aromatic hydroxyl groups is 2. The minimum Gasteiger partial charge on any atom is -0.507 e. The van der Waals surface area contributed by atoms with Crippen LogP contribution in [0.1, 0.15) is 0 Å². The first kappa shape index (κ1) is 11.0. The summed E-state index contributed by atoms with van der Waals surface area (Å²) >= 11 is 1.29. The van der Waals surface area contributed by atoms with E-state index in [0.29, 0.717) is 10.5 Å². The van der Waals surface area contributed by atoms with Crippen molar-refractivity contribution in [3.05, 3.63) is 42.2 Å². The number of aromatic nitrogens is 1. The number of fused-ring (bicyclic) bond motifs is 1. The first-order valence-electron chi connectivity index (χ1n) is 5.22. The average molecular weight is 261 g/mol. The van der Waals surface area contributed by atoms with Crippen LogP contribution in [0.4, 0.5) is 4.39 Å². The van der Waals surface area contributed by atoms with Crippen molar-refractivity contribution in [3.8, 4) is 22.1 Å². The molecule has 2 N–H and O–H groups in total. The standard InChI is InChI=1S/C13H8FNO2S/c14-7-4-5-11-8(6-7)15-13(18-11)12-9(16)2-1-3-10(12)17/h1-6,16-17H. The summed E-state index contributed by atoms with van der Waals surface area (Å²) < 4.78 is 13.9. The van der Waals surface area contributed by atoms with Crippen molar-refractivity contribution in [2.45, 2.75) is 0 Å². The van der Waals surface area contributed by atoms with E-state index in [4.69, 9.17) is 0 Å². The van der Waals surface area contributed by atoms with Gasteiger partial charge in [0.2, 0.25) is 0 Å². The molecule has 3 rings (SSSR count). The highest BCUT2D eigenvalue weighted by atomic mass is 32.1. The number of halogens is 1. The lowest BCUT2D eigenvalue weighted by Crippen LogP contribution is -1.79. The van der Waals surface area contributed by atoms with Crippen molar-refractivity contribution in [1.29, 1.82) is 0 Å². The molecule has 1 heterocycles. The average Bonchev–Trinajstić information content (AvgIpc) is 2.71. The van der Waals surface area contributed by atoms with Gasteiger partial charge in [0.15, 0.2) is 0 Å². The smallest absolute Gasteiger partial charge is 0.132 e. The fraction of sp³-hybridized carbons (Fsp3) is 0. The maximum atomic E-state index is 13.1. The zero-order chi connectivity index (χ0) is 12.7. The van der Waals surface area contributed by atoms with E-state index in [-0.39, 0.29) is 22.9 Å². The summed E-state index contributed by atoms with van der Waals surface area (Å²) in [7, 11) is 0. The third-order valence-electron chi connectivity index (χ3n) is 2.58. The molecule has 0 aliphatic heterocycles. The Morgan fingerprint density at radius 3 is 2.50 bits per heavy atom. The molecule has 2 aromatic carbocycles. The largest absolute Gasteiger partial charge is 0.507 e. The zero-order valence-electron chi connectivity index (χ0n) is 9.09. The number of benzene rings is 2. The summed E-state index contributed by atoms with van der Waals surface area (Å²) in [5.74, 6) is -0.454. The summed E-state index contributed by atoms with van der Waals surface area (Å²) in [5, 5.41) is 20.0. The number of phenolic OH excluding ortho intramolecular Hbond substituents is 2. The molecule has 0 amide bonds. The normalized spacial score (nSPS) is 10.9. The molecule has 0 saturated carbocycles. The second kappa shape index (κ2) is 3.96. The second-order valence-electron chi connectivity index (χ2n) is 3.80. The third-order valence-corrected chi connectivity index (χ3v) is 3.64. The van der Waals surface area contributed by atoms with Crippen LogP contribution in [-0.4, -0.2) is 15.2 Å². The maximum absolute atomic E-state index is 13.1. The Morgan fingerprint density at radius 1 is 1.06 bits per heavy atom. The van der Waals surface area contributed by atoms with Gasteiger partial charge >= 0.3 is 0 Å². The number of rotatable bonds is 1. The monoisotopic (exact) mass is 261 g/mol. The molecule has 0 atom stereocenters. The molecule has 3 aromatic rings. The van der Waals surface area contributed by atoms with Gasteiger partial charge in [0.1, 0.15) is 22.3 Å². The SMILES string of the molecule is Oc1cccc(O)c1-c1nc2cc(F)ccc2s1. The van der Waals surface area contributed by atoms with Gasteiger partial charge in [0.25, 0.3) is 0 Å². The van der Waals surface area contributed by atoms with Crippen LogP contribution in [0.15, 0.2) is 36.4 Å². The molecule has 5 heteroatoms. The molecule has 0 saturated heterocycles. The van der Waals surface area contributed by atoms with Gasteiger partial charge in [-0.25, -0.2) is 9.37 Å². The van der Waals surface area contributed by atoms with Gasteiger partial charge in [0.05, 0.1) is 15.8 Å². The number of phenols is 2. The van der Waals surface area contributed by atoms with E-state index in [0.717, 1.165) is 4.70 Å². The van der Waals surface area contributed by atoms with Crippen LogP contribution >= 0.6 is 11.3 Å². The zero-order valence-corrected chi connectivity index (χ0v) is 9.91. The van der Waals surface area contributed by atoms with Crippen LogP contribution < -0.4 is 0 Å². The highest BCUT2D eigenvalue weighted by Crippen LogP contribution is 2.40. The molecule has 0 radical (unpaired) electrons. The van der Waals surface area contributed by atoms with Crippen LogP contribution in [0.3, 0.4) is 0 Å². The molecule has 0 aliphatic rings. The summed E-state index contributed by atoms with van der Waals surface area (Å²) in [5.41, 5.74) is 0.789. The van der Waals surface area contributed by atoms with E-state index < -0.39 is 0 Å². The lowest BCUT2D eigenvalue weighted by atomic mass is 10.2. The Labute approximate surface area is 106 Å². The highest BCUT2D eigenvalue weighted by molar-refractivity contribution is 7.21. The van der Waals surface area contributed by atoms with Crippen molar-refractivity contribution >= 4 is 21.6 Å². The molecule has 0 unspecified atom stereocenters. The second-order valence-corrected chi connectivity index (χ2v) is 4.83. The van der Waals surface area contributed by atoms with Crippen LogP contribution in [0.5, 0.6) is 11.5 Å². The molecule has 1 aromatic heterocycles. The predicted octanol–water partition coefficient (Wildman–Crippen LogP) is 3.51. The van der Waals surface area contributed by atoms with E-state index in [2.05, 4.69) is 4.98 Å². The Kier molecular flexibility index (Phi) is 2.41. The molecule has 0 aliphatic carbocycles. The quantitative estimate of drug-likeness (QED) is 0.704. The Bertz CT molecular complexity index is 719. The van der Waals surface area contributed by atoms with Crippen LogP contribution in [0.25, 0.3) is 20.8 Å². The van der Waals surface area contributed by atoms with Crippen molar-refractivity contribution in [2.75, 3.05) is 0 Å². The first-order chi connectivity index (χ1) is 8.65. The molecular formula is C13H8FNO2S. The molecule has 0 bridgehead atoms. The topological polar surface area (TPSA) is 53.4 Å². The number of hydrogen-bond acceptors (Lipinski definition) is 4. The third kappa shape index (κ3) is 1.69. The van der Waals surface area contributed by atoms with Crippen molar-refractivity contribution in [2.24, 2.45) is 0 Å². The summed E-state index contributed by atoms with van der Waals surface area (Å²) in [6, 6.07) is 8.80. The van der Waals surface area contributed by atoms with E-state index in [9.17, 15) is 14.6 Å². The van der Waals surface area contributed by atoms with Gasteiger partial charge in [-0.15, -0.1) is 11.3 Å². The lowest BCUT2D eigenvalue weighted by Gasteiger charge is -2.02. The van der Waals surface area contributed by atoms with Gasteiger partial charge in [-0.3, -0.25) is 0 Å². The van der Waals surface area contributed by atoms with Crippen molar-refractivity contribution in [1.82, 2.24) is 4.98 Å². The van der Waals surface area contributed by atoms with Crippen LogP contribution in [-0.2, 0) is 0 Å². The minimum absolute atomic E-state index is 0.0467. The minimum atomic E-state index is -0.360. The van der Waals surface area contributed by atoms with Gasteiger partial charge in [-0.2, -0.15) is 0 Å². The summed E-state index contributed by atoms with van der Waals surface area (Å²) in [4.78, 5) is 4.22. The molecule has 18 heavy (non-hydrogen) atoms. The summed E-state index contributed by atoms with van der Waals surface area (Å²) in [6.45, 7) is 0. The molecule has 90 valence electrons. The molecule has 3 nitrogen and oxygen atoms in total. The van der Waals surface area contributed by atoms with Gasteiger partial charge in [-0.1, -0.05) is 6.07 Å². The highest BCUT2D eigenvalue weighted by Gasteiger charge is 2.14. The van der Waals surface area contributed by atoms with E-state index in [1.807, 2.05) is 0 Å². The van der Waals surface area contributed by atoms with Crippen LogP contribution in [0, 0.1) is 5.82 Å². The Balaban J connectivity index is 2.26. The Hall–Kier alpha value is -2.14. The molecule has 0 fully saturated rings. The van der Waals surface area contributed by atoms with Gasteiger partial charge in [0, 0.05) is 6.07 Å². The Morgan fingerprint density at radius 2 is 1.78 bits per heavy atom. The number of nitrogens with zero attached hydrogens (tertiary/aromatic N) is 1. The van der Waals surface area contributed by atoms with Crippen molar-refractivity contribution < 1.29 is 14.6 Å². The number of thiazole rings is 1. The van der Waals surface area contributed by atoms with E-state index in [1.54, 1.807) is 12.1 Å². The predicted molar refractivity (Wildman–Crippen MR) is 68.3 cm³/mol. The van der Waals surface area contributed by atoms with E-state index in [1.165, 1.54) is 35.6 Å². The first-order valence-corrected chi connectivity index (χ1v) is 6.04. The maximum Gasteiger partial charge on any atom is 0.132 e. The fourth-order valence-electron chi connectivity index (χ4n) is 1.75. The number of hydrogen-bond donors (Lipinski definition) is 2. The van der Waals surface area contributed by atoms with Gasteiger partial charge < -0.3 is 10.2 Å². The van der Waals surface area contributed by atoms with Gasteiger partial charge in [-0.05, 0) is 24.3 Å². The van der Waals surface area contributed by atoms with Crippen LogP contribution in [0.2, 0.25) is 0 Å². The van der Waals surface area contributed by atoms with E-state index >= 15 is 0 Å². The molecular weight excluding hydrogens is 253 g/mol. The summed E-state index contributed by atoms with van der Waals surface area (Å²) in [6.07, 6.45) is 0. The lowest BCUT2D eigenvalue weighted by molar-refractivity contribution is 0.454. The fourth-order valence-corrected chi connectivity index (χ4v) is 2.76. The molecule has 0 spiro atoms.